The summed E-state index contributed by atoms with van der Waals surface area (Å²) in [6, 6.07) is 5.79. The Balaban J connectivity index is 1.85. The quantitative estimate of drug-likeness (QED) is 0.643. The van der Waals surface area contributed by atoms with Crippen LogP contribution in [0, 0.1) is 6.92 Å². The van der Waals surface area contributed by atoms with Crippen LogP contribution in [0.25, 0.3) is 10.9 Å². The first-order valence-corrected chi connectivity index (χ1v) is 8.53. The number of nitrogens with two attached hydrogens (primary N) is 1. The van der Waals surface area contributed by atoms with E-state index in [0.29, 0.717) is 12.1 Å². The zero-order valence-electron chi connectivity index (χ0n) is 12.3. The molecule has 4 N–H and O–H groups in total. The van der Waals surface area contributed by atoms with Crippen LogP contribution >= 0.6 is 0 Å². The number of aromatic nitrogens is 1. The van der Waals surface area contributed by atoms with Crippen molar-refractivity contribution in [1.29, 1.82) is 0 Å². The molecular weight excluding hydrogens is 306 g/mol. The maximum absolute atomic E-state index is 12.2. The van der Waals surface area contributed by atoms with E-state index in [9.17, 15) is 13.2 Å². The monoisotopic (exact) mass is 325 g/mol. The van der Waals surface area contributed by atoms with Crippen molar-refractivity contribution in [2.24, 2.45) is 5.14 Å². The summed E-state index contributed by atoms with van der Waals surface area (Å²) in [5, 5.41) is 8.48. The third-order valence-corrected chi connectivity index (χ3v) is 3.94. The first kappa shape index (κ1) is 16.5. The fourth-order valence-corrected chi connectivity index (χ4v) is 2.51. The van der Waals surface area contributed by atoms with Crippen molar-refractivity contribution in [3.05, 3.63) is 35.5 Å². The molecule has 0 bridgehead atoms. The van der Waals surface area contributed by atoms with E-state index in [0.717, 1.165) is 16.5 Å². The van der Waals surface area contributed by atoms with E-state index >= 15 is 0 Å². The number of sulfonamides is 1. The third kappa shape index (κ3) is 4.30. The van der Waals surface area contributed by atoms with Crippen LogP contribution in [0.3, 0.4) is 0 Å². The Morgan fingerprint density at radius 1 is 1.36 bits per heavy atom. The van der Waals surface area contributed by atoms with E-state index in [1.807, 2.05) is 25.1 Å². The maximum Gasteiger partial charge on any atom is 0.253 e. The van der Waals surface area contributed by atoms with Crippen LogP contribution in [0.2, 0.25) is 0 Å². The molecule has 1 aromatic carbocycles. The third-order valence-electron chi connectivity index (χ3n) is 3.20. The molecule has 2 aromatic rings. The Kier molecular flexibility index (Phi) is 5.17. The van der Waals surface area contributed by atoms with E-state index in [4.69, 9.17) is 9.88 Å². The topological polar surface area (TPSA) is 114 Å². The van der Waals surface area contributed by atoms with Crippen molar-refractivity contribution in [2.45, 2.75) is 6.92 Å². The van der Waals surface area contributed by atoms with Crippen LogP contribution in [0.5, 0.6) is 0 Å². The molecule has 2 rings (SSSR count). The molecule has 0 unspecified atom stereocenters. The van der Waals surface area contributed by atoms with Gasteiger partial charge in [-0.3, -0.25) is 4.79 Å². The number of amides is 1. The number of benzene rings is 1. The minimum absolute atomic E-state index is 0.0148. The Hall–Kier alpha value is -1.90. The first-order chi connectivity index (χ1) is 10.4. The normalized spacial score (nSPS) is 11.7. The van der Waals surface area contributed by atoms with Crippen LogP contribution in [0.1, 0.15) is 15.9 Å². The van der Waals surface area contributed by atoms with Gasteiger partial charge in [0.1, 0.15) is 0 Å². The Bertz CT molecular complexity index is 767. The van der Waals surface area contributed by atoms with Crippen molar-refractivity contribution in [3.63, 3.8) is 0 Å². The second kappa shape index (κ2) is 6.91. The van der Waals surface area contributed by atoms with Gasteiger partial charge >= 0.3 is 0 Å². The summed E-state index contributed by atoms with van der Waals surface area (Å²) in [4.78, 5) is 15.2. The predicted octanol–water partition coefficient (Wildman–Crippen LogP) is 0.511. The lowest BCUT2D eigenvalue weighted by Gasteiger charge is -2.06. The average Bonchev–Trinajstić information content (AvgIpc) is 2.86. The molecule has 0 saturated heterocycles. The van der Waals surface area contributed by atoms with Gasteiger partial charge in [-0.15, -0.1) is 0 Å². The zero-order chi connectivity index (χ0) is 16.2. The predicted molar refractivity (Wildman–Crippen MR) is 84.2 cm³/mol. The van der Waals surface area contributed by atoms with Gasteiger partial charge in [0.15, 0.2) is 0 Å². The van der Waals surface area contributed by atoms with E-state index in [1.165, 1.54) is 0 Å². The number of hydrogen-bond acceptors (Lipinski definition) is 4. The van der Waals surface area contributed by atoms with Crippen LogP contribution < -0.4 is 10.5 Å². The van der Waals surface area contributed by atoms with Crippen LogP contribution in [-0.4, -0.2) is 44.8 Å². The van der Waals surface area contributed by atoms with Crippen molar-refractivity contribution in [1.82, 2.24) is 10.3 Å². The molecule has 0 atom stereocenters. The molecule has 22 heavy (non-hydrogen) atoms. The Morgan fingerprint density at radius 2 is 2.14 bits per heavy atom. The number of nitrogens with one attached hydrogen (secondary N) is 2. The minimum atomic E-state index is -3.51. The molecule has 0 aliphatic rings. The van der Waals surface area contributed by atoms with Gasteiger partial charge in [0.05, 0.1) is 24.5 Å². The molecule has 0 fully saturated rings. The molecule has 8 heteroatoms. The average molecular weight is 325 g/mol. The Labute approximate surface area is 128 Å². The highest BCUT2D eigenvalue weighted by atomic mass is 32.2. The zero-order valence-corrected chi connectivity index (χ0v) is 13.1. The smallest absolute Gasteiger partial charge is 0.253 e. The minimum Gasteiger partial charge on any atom is -0.379 e. The highest BCUT2D eigenvalue weighted by Gasteiger charge is 2.13. The van der Waals surface area contributed by atoms with Crippen molar-refractivity contribution in [3.8, 4) is 0 Å². The van der Waals surface area contributed by atoms with Crippen molar-refractivity contribution >= 4 is 26.8 Å². The molecule has 0 aliphatic carbocycles. The number of fused-ring (bicyclic) bond motifs is 1. The largest absolute Gasteiger partial charge is 0.379 e. The summed E-state index contributed by atoms with van der Waals surface area (Å²) in [7, 11) is -3.51. The maximum atomic E-state index is 12.2. The second-order valence-corrected chi connectivity index (χ2v) is 6.67. The summed E-state index contributed by atoms with van der Waals surface area (Å²) in [5.41, 5.74) is 2.51. The number of rotatable bonds is 7. The number of ether oxygens (including phenoxy) is 1. The number of primary sulfonamides is 1. The lowest BCUT2D eigenvalue weighted by molar-refractivity contribution is 0.0925. The van der Waals surface area contributed by atoms with Gasteiger partial charge in [-0.1, -0.05) is 12.1 Å². The molecular formula is C14H19N3O4S. The molecule has 0 saturated carbocycles. The molecule has 1 aromatic heterocycles. The summed E-state index contributed by atoms with van der Waals surface area (Å²) in [6.07, 6.45) is 1.68. The SMILES string of the molecule is Cc1cccc2[nH]cc(C(=O)NCCOCCS(N)(=O)=O)c12. The highest BCUT2D eigenvalue weighted by molar-refractivity contribution is 7.89. The van der Waals surface area contributed by atoms with Crippen molar-refractivity contribution < 1.29 is 17.9 Å². The molecule has 0 spiro atoms. The number of carbonyl (C=O) groups is 1. The van der Waals surface area contributed by atoms with Crippen LogP contribution in [-0.2, 0) is 14.8 Å². The summed E-state index contributed by atoms with van der Waals surface area (Å²) in [6.45, 7) is 2.48. The fraction of sp³-hybridized carbons (Fsp3) is 0.357. The van der Waals surface area contributed by atoms with Crippen molar-refractivity contribution in [2.75, 3.05) is 25.5 Å². The van der Waals surface area contributed by atoms with Crippen LogP contribution in [0.4, 0.5) is 0 Å². The van der Waals surface area contributed by atoms with Gasteiger partial charge in [-0.25, -0.2) is 13.6 Å². The van der Waals surface area contributed by atoms with E-state index in [1.54, 1.807) is 6.20 Å². The van der Waals surface area contributed by atoms with Gasteiger partial charge < -0.3 is 15.0 Å². The number of hydrogen-bond donors (Lipinski definition) is 3. The number of H-pyrrole nitrogens is 1. The van der Waals surface area contributed by atoms with E-state index in [-0.39, 0.29) is 24.9 Å². The molecule has 7 nitrogen and oxygen atoms in total. The molecule has 120 valence electrons. The fourth-order valence-electron chi connectivity index (χ4n) is 2.16. The molecule has 0 radical (unpaired) electrons. The number of carbonyl (C=O) groups excluding carboxylic acids is 1. The van der Waals surface area contributed by atoms with Gasteiger partial charge in [-0.05, 0) is 18.6 Å². The van der Waals surface area contributed by atoms with E-state index < -0.39 is 10.0 Å². The van der Waals surface area contributed by atoms with Gasteiger partial charge in [0, 0.05) is 23.6 Å². The standard InChI is InChI=1S/C14H19N3O4S/c1-10-3-2-4-12-13(10)11(9-17-12)14(18)16-5-6-21-7-8-22(15,19)20/h2-4,9,17H,5-8H2,1H3,(H,16,18)(H2,15,19,20). The van der Waals surface area contributed by atoms with E-state index in [2.05, 4.69) is 10.3 Å². The highest BCUT2D eigenvalue weighted by Crippen LogP contribution is 2.21. The van der Waals surface area contributed by atoms with Gasteiger partial charge in [0.25, 0.3) is 5.91 Å². The number of aryl methyl sites for hydroxylation is 1. The lowest BCUT2D eigenvalue weighted by atomic mass is 10.1. The molecule has 0 aliphatic heterocycles. The van der Waals surface area contributed by atoms with Crippen LogP contribution in [0.15, 0.2) is 24.4 Å². The number of aromatic amines is 1. The summed E-state index contributed by atoms with van der Waals surface area (Å²) in [5.74, 6) is -0.432. The molecule has 1 heterocycles. The second-order valence-electron chi connectivity index (χ2n) is 4.94. The summed E-state index contributed by atoms with van der Waals surface area (Å²) >= 11 is 0. The van der Waals surface area contributed by atoms with Gasteiger partial charge in [0.2, 0.25) is 10.0 Å². The lowest BCUT2D eigenvalue weighted by Crippen LogP contribution is -2.28. The summed E-state index contributed by atoms with van der Waals surface area (Å²) < 4.78 is 26.5. The first-order valence-electron chi connectivity index (χ1n) is 6.81. The van der Waals surface area contributed by atoms with Gasteiger partial charge in [-0.2, -0.15) is 0 Å². The molecule has 1 amide bonds. The Morgan fingerprint density at radius 3 is 2.86 bits per heavy atom.